The fourth-order valence-electron chi connectivity index (χ4n) is 3.77. The van der Waals surface area contributed by atoms with E-state index >= 15 is 0 Å². The first-order valence-corrected chi connectivity index (χ1v) is 5.37. The predicted octanol–water partition coefficient (Wildman–Crippen LogP) is 2.40. The van der Waals surface area contributed by atoms with Crippen molar-refractivity contribution in [3.05, 3.63) is 0 Å². The molecule has 76 valence electrons. The number of hydrogen-bond acceptors (Lipinski definition) is 2. The van der Waals surface area contributed by atoms with Gasteiger partial charge in [-0.3, -0.25) is 0 Å². The predicted molar refractivity (Wildman–Crippen MR) is 47.9 cm³/mol. The SMILES string of the molecule is N#CC12CC3COC(F)(CC(C3)C1)C2. The molecular weight excluding hydrogens is 181 g/mol. The number of halogens is 1. The Bertz CT molecular complexity index is 313. The summed E-state index contributed by atoms with van der Waals surface area (Å²) < 4.78 is 19.5. The zero-order chi connectivity index (χ0) is 9.81. The van der Waals surface area contributed by atoms with Crippen LogP contribution >= 0.6 is 0 Å². The van der Waals surface area contributed by atoms with Crippen molar-refractivity contribution in [1.29, 1.82) is 5.26 Å². The van der Waals surface area contributed by atoms with Gasteiger partial charge in [0.05, 0.1) is 18.1 Å². The molecule has 2 aliphatic carbocycles. The van der Waals surface area contributed by atoms with Crippen molar-refractivity contribution in [3.8, 4) is 6.07 Å². The number of rotatable bonds is 0. The van der Waals surface area contributed by atoms with E-state index in [4.69, 9.17) is 4.74 Å². The molecule has 0 aromatic carbocycles. The van der Waals surface area contributed by atoms with Crippen LogP contribution in [0.2, 0.25) is 0 Å². The molecule has 0 aromatic heterocycles. The zero-order valence-electron chi connectivity index (χ0n) is 8.13. The van der Waals surface area contributed by atoms with E-state index in [1.54, 1.807) is 0 Å². The maximum Gasteiger partial charge on any atom is 0.210 e. The lowest BCUT2D eigenvalue weighted by Crippen LogP contribution is -2.43. The third kappa shape index (κ3) is 1.10. The Labute approximate surface area is 83.0 Å². The van der Waals surface area contributed by atoms with E-state index in [0.717, 1.165) is 19.3 Å². The van der Waals surface area contributed by atoms with Crippen LogP contribution in [0.5, 0.6) is 0 Å². The van der Waals surface area contributed by atoms with Crippen molar-refractivity contribution in [2.45, 2.75) is 38.0 Å². The second kappa shape index (κ2) is 2.49. The fourth-order valence-corrected chi connectivity index (χ4v) is 3.77. The maximum absolute atomic E-state index is 14.2. The van der Waals surface area contributed by atoms with Gasteiger partial charge in [0.2, 0.25) is 5.85 Å². The normalized spacial score (nSPS) is 55.4. The second-order valence-electron chi connectivity index (χ2n) is 5.34. The average molecular weight is 195 g/mol. The first-order valence-electron chi connectivity index (χ1n) is 5.37. The highest BCUT2D eigenvalue weighted by molar-refractivity contribution is 5.11. The number of nitrogens with zero attached hydrogens (tertiary/aromatic N) is 1. The van der Waals surface area contributed by atoms with Crippen LogP contribution in [-0.4, -0.2) is 12.5 Å². The van der Waals surface area contributed by atoms with Gasteiger partial charge in [-0.05, 0) is 31.1 Å². The summed E-state index contributed by atoms with van der Waals surface area (Å²) in [6.07, 6.45) is 3.65. The van der Waals surface area contributed by atoms with Crippen LogP contribution < -0.4 is 0 Å². The van der Waals surface area contributed by atoms with Crippen molar-refractivity contribution in [3.63, 3.8) is 0 Å². The van der Waals surface area contributed by atoms with Gasteiger partial charge in [-0.1, -0.05) is 0 Å². The molecule has 2 saturated heterocycles. The topological polar surface area (TPSA) is 33.0 Å². The van der Waals surface area contributed by atoms with Gasteiger partial charge in [0.15, 0.2) is 0 Å². The minimum atomic E-state index is -1.48. The van der Waals surface area contributed by atoms with Crippen LogP contribution in [0.25, 0.3) is 0 Å². The van der Waals surface area contributed by atoms with Crippen LogP contribution in [0, 0.1) is 28.6 Å². The minimum Gasteiger partial charge on any atom is -0.345 e. The first kappa shape index (κ1) is 8.67. The van der Waals surface area contributed by atoms with Crippen molar-refractivity contribution in [2.24, 2.45) is 17.3 Å². The van der Waals surface area contributed by atoms with Gasteiger partial charge in [-0.15, -0.1) is 0 Å². The maximum atomic E-state index is 14.2. The standard InChI is InChI=1S/C11H14FNO/c12-11-4-8-1-9(5-14-11)3-10(2-8,6-11)7-13/h8-9H,1-6H2. The Balaban J connectivity index is 2.03. The molecule has 2 heterocycles. The largest absolute Gasteiger partial charge is 0.345 e. The molecule has 0 N–H and O–H groups in total. The molecule has 0 spiro atoms. The molecule has 0 aromatic rings. The highest BCUT2D eigenvalue weighted by Crippen LogP contribution is 2.57. The van der Waals surface area contributed by atoms with E-state index in [0.29, 0.717) is 31.3 Å². The van der Waals surface area contributed by atoms with Gasteiger partial charge >= 0.3 is 0 Å². The third-order valence-electron chi connectivity index (χ3n) is 4.04. The fraction of sp³-hybridized carbons (Fsp3) is 0.909. The van der Waals surface area contributed by atoms with Gasteiger partial charge in [-0.2, -0.15) is 5.26 Å². The summed E-state index contributed by atoms with van der Waals surface area (Å²) in [6.45, 7) is 0.524. The molecule has 4 aliphatic rings. The molecule has 4 rings (SSSR count). The Hall–Kier alpha value is -0.620. The summed E-state index contributed by atoms with van der Waals surface area (Å²) in [5.41, 5.74) is -0.406. The van der Waals surface area contributed by atoms with E-state index in [2.05, 4.69) is 6.07 Å². The van der Waals surface area contributed by atoms with Crippen LogP contribution in [0.3, 0.4) is 0 Å². The molecular formula is C11H14FNO. The van der Waals surface area contributed by atoms with Crippen LogP contribution in [0.15, 0.2) is 0 Å². The molecule has 4 fully saturated rings. The summed E-state index contributed by atoms with van der Waals surface area (Å²) in [4.78, 5) is 0. The molecule has 4 unspecified atom stereocenters. The Morgan fingerprint density at radius 1 is 1.29 bits per heavy atom. The van der Waals surface area contributed by atoms with Crippen molar-refractivity contribution in [2.75, 3.05) is 6.61 Å². The minimum absolute atomic E-state index is 0.309. The van der Waals surface area contributed by atoms with E-state index in [-0.39, 0.29) is 0 Å². The van der Waals surface area contributed by atoms with E-state index < -0.39 is 11.3 Å². The molecule has 4 atom stereocenters. The summed E-state index contributed by atoms with van der Waals surface area (Å²) >= 11 is 0. The smallest absolute Gasteiger partial charge is 0.210 e. The van der Waals surface area contributed by atoms with Crippen molar-refractivity contribution >= 4 is 0 Å². The molecule has 0 radical (unpaired) electrons. The van der Waals surface area contributed by atoms with Gasteiger partial charge in [-0.25, -0.2) is 4.39 Å². The third-order valence-corrected chi connectivity index (χ3v) is 4.04. The van der Waals surface area contributed by atoms with Gasteiger partial charge < -0.3 is 4.74 Å². The Kier molecular flexibility index (Phi) is 1.54. The number of alkyl halides is 1. The molecule has 14 heavy (non-hydrogen) atoms. The van der Waals surface area contributed by atoms with E-state index in [1.807, 2.05) is 0 Å². The molecule has 2 aliphatic heterocycles. The summed E-state index contributed by atoms with van der Waals surface area (Å²) in [5.74, 6) is -0.674. The van der Waals surface area contributed by atoms with Crippen LogP contribution in [-0.2, 0) is 4.74 Å². The molecule has 0 amide bonds. The Morgan fingerprint density at radius 3 is 2.86 bits per heavy atom. The first-order chi connectivity index (χ1) is 6.63. The van der Waals surface area contributed by atoms with Gasteiger partial charge in [0, 0.05) is 12.8 Å². The molecule has 3 heteroatoms. The van der Waals surface area contributed by atoms with Crippen molar-refractivity contribution < 1.29 is 9.13 Å². The Morgan fingerprint density at radius 2 is 2.07 bits per heavy atom. The monoisotopic (exact) mass is 195 g/mol. The number of nitriles is 1. The summed E-state index contributed by atoms with van der Waals surface area (Å²) in [7, 11) is 0. The molecule has 4 bridgehead atoms. The second-order valence-corrected chi connectivity index (χ2v) is 5.34. The van der Waals surface area contributed by atoms with Gasteiger partial charge in [0.1, 0.15) is 0 Å². The molecule has 2 nitrogen and oxygen atoms in total. The van der Waals surface area contributed by atoms with Crippen LogP contribution in [0.4, 0.5) is 4.39 Å². The van der Waals surface area contributed by atoms with Crippen LogP contribution in [0.1, 0.15) is 32.1 Å². The quantitative estimate of drug-likeness (QED) is 0.594. The van der Waals surface area contributed by atoms with Crippen molar-refractivity contribution in [1.82, 2.24) is 0 Å². The van der Waals surface area contributed by atoms with Gasteiger partial charge in [0.25, 0.3) is 0 Å². The number of hydrogen-bond donors (Lipinski definition) is 0. The molecule has 2 saturated carbocycles. The number of fused-ring (bicyclic) bond motifs is 1. The summed E-state index contributed by atoms with van der Waals surface area (Å²) in [5, 5.41) is 9.20. The lowest BCUT2D eigenvalue weighted by Gasteiger charge is -2.44. The lowest BCUT2D eigenvalue weighted by molar-refractivity contribution is -0.174. The highest BCUT2D eigenvalue weighted by atomic mass is 19.2. The van der Waals surface area contributed by atoms with E-state index in [9.17, 15) is 9.65 Å². The average Bonchev–Trinajstić information content (AvgIpc) is 2.29. The highest BCUT2D eigenvalue weighted by Gasteiger charge is 2.56. The lowest BCUT2D eigenvalue weighted by atomic mass is 9.59. The number of ether oxygens (including phenoxy) is 1. The zero-order valence-corrected chi connectivity index (χ0v) is 8.13. The van der Waals surface area contributed by atoms with E-state index in [1.165, 1.54) is 0 Å². The summed E-state index contributed by atoms with van der Waals surface area (Å²) in [6, 6.07) is 2.35.